The Hall–Kier alpha value is -2.14. The first-order chi connectivity index (χ1) is 10.6. The summed E-state index contributed by atoms with van der Waals surface area (Å²) in [5.41, 5.74) is 1.84. The minimum atomic E-state index is -0.124. The number of amides is 2. The molecule has 5 heteroatoms. The van der Waals surface area contributed by atoms with Crippen LogP contribution in [0.15, 0.2) is 41.8 Å². The van der Waals surface area contributed by atoms with Crippen LogP contribution < -0.4 is 10.6 Å². The Labute approximate surface area is 134 Å². The molecule has 1 aromatic heterocycles. The number of carbonyl (C=O) groups is 2. The van der Waals surface area contributed by atoms with Crippen LogP contribution in [0.4, 0.5) is 0 Å². The van der Waals surface area contributed by atoms with Gasteiger partial charge in [-0.05, 0) is 35.1 Å². The molecule has 0 radical (unpaired) electrons. The van der Waals surface area contributed by atoms with Gasteiger partial charge in [0.25, 0.3) is 11.8 Å². The van der Waals surface area contributed by atoms with Gasteiger partial charge in [0.1, 0.15) is 0 Å². The van der Waals surface area contributed by atoms with Crippen LogP contribution in [0.1, 0.15) is 45.4 Å². The summed E-state index contributed by atoms with van der Waals surface area (Å²) in [5.74, 6) is 0.218. The second-order valence-electron chi connectivity index (χ2n) is 5.27. The van der Waals surface area contributed by atoms with Gasteiger partial charge in [-0.25, -0.2) is 0 Å². The molecule has 2 aromatic rings. The van der Waals surface area contributed by atoms with Crippen LogP contribution in [0.2, 0.25) is 0 Å². The van der Waals surface area contributed by atoms with Gasteiger partial charge in [-0.3, -0.25) is 9.59 Å². The molecule has 4 nitrogen and oxygen atoms in total. The van der Waals surface area contributed by atoms with E-state index in [4.69, 9.17) is 0 Å². The summed E-state index contributed by atoms with van der Waals surface area (Å²) < 4.78 is 0. The van der Waals surface area contributed by atoms with Gasteiger partial charge >= 0.3 is 0 Å². The zero-order valence-electron chi connectivity index (χ0n) is 12.8. The maximum atomic E-state index is 12.0. The van der Waals surface area contributed by atoms with E-state index < -0.39 is 0 Å². The van der Waals surface area contributed by atoms with Crippen molar-refractivity contribution in [2.24, 2.45) is 0 Å². The van der Waals surface area contributed by atoms with Gasteiger partial charge in [-0.2, -0.15) is 0 Å². The van der Waals surface area contributed by atoms with Crippen LogP contribution in [0.5, 0.6) is 0 Å². The SMILES string of the molecule is CC(C)c1ccc(C(=O)NCCNC(=O)c2cccs2)cc1. The van der Waals surface area contributed by atoms with Crippen LogP contribution in [-0.2, 0) is 0 Å². The lowest BCUT2D eigenvalue weighted by atomic mass is 10.0. The summed E-state index contributed by atoms with van der Waals surface area (Å²) >= 11 is 1.40. The number of hydrogen-bond acceptors (Lipinski definition) is 3. The normalized spacial score (nSPS) is 10.5. The lowest BCUT2D eigenvalue weighted by Gasteiger charge is -2.08. The number of thiophene rings is 1. The molecule has 0 aliphatic heterocycles. The molecule has 0 aliphatic carbocycles. The highest BCUT2D eigenvalue weighted by molar-refractivity contribution is 7.12. The van der Waals surface area contributed by atoms with Gasteiger partial charge < -0.3 is 10.6 Å². The zero-order chi connectivity index (χ0) is 15.9. The highest BCUT2D eigenvalue weighted by Gasteiger charge is 2.07. The van der Waals surface area contributed by atoms with Crippen LogP contribution >= 0.6 is 11.3 Å². The number of carbonyl (C=O) groups excluding carboxylic acids is 2. The Morgan fingerprint density at radius 3 is 2.18 bits per heavy atom. The number of hydrogen-bond donors (Lipinski definition) is 2. The van der Waals surface area contributed by atoms with Crippen molar-refractivity contribution in [1.29, 1.82) is 0 Å². The van der Waals surface area contributed by atoms with E-state index in [1.54, 1.807) is 6.07 Å². The first-order valence-corrected chi connectivity index (χ1v) is 8.15. The van der Waals surface area contributed by atoms with Crippen LogP contribution in [-0.4, -0.2) is 24.9 Å². The maximum Gasteiger partial charge on any atom is 0.261 e. The quantitative estimate of drug-likeness (QED) is 0.805. The molecule has 0 bridgehead atoms. The minimum absolute atomic E-state index is 0.106. The molecule has 0 fully saturated rings. The summed E-state index contributed by atoms with van der Waals surface area (Å²) in [4.78, 5) is 24.4. The molecule has 1 heterocycles. The Morgan fingerprint density at radius 1 is 1.00 bits per heavy atom. The molecule has 0 aliphatic rings. The Morgan fingerprint density at radius 2 is 1.64 bits per heavy atom. The highest BCUT2D eigenvalue weighted by atomic mass is 32.1. The van der Waals surface area contributed by atoms with Crippen molar-refractivity contribution in [2.75, 3.05) is 13.1 Å². The standard InChI is InChI=1S/C17H20N2O2S/c1-12(2)13-5-7-14(8-6-13)16(20)18-9-10-19-17(21)15-4-3-11-22-15/h3-8,11-12H,9-10H2,1-2H3,(H,18,20)(H,19,21). The Balaban J connectivity index is 1.74. The fraction of sp³-hybridized carbons (Fsp3) is 0.294. The molecular weight excluding hydrogens is 296 g/mol. The average molecular weight is 316 g/mol. The Bertz CT molecular complexity index is 619. The van der Waals surface area contributed by atoms with Crippen molar-refractivity contribution in [2.45, 2.75) is 19.8 Å². The lowest BCUT2D eigenvalue weighted by molar-refractivity contribution is 0.0929. The number of nitrogens with one attached hydrogen (secondary N) is 2. The maximum absolute atomic E-state index is 12.0. The van der Waals surface area contributed by atoms with E-state index >= 15 is 0 Å². The molecule has 116 valence electrons. The number of benzene rings is 1. The van der Waals surface area contributed by atoms with E-state index in [1.165, 1.54) is 16.9 Å². The van der Waals surface area contributed by atoms with Crippen molar-refractivity contribution in [1.82, 2.24) is 10.6 Å². The van der Waals surface area contributed by atoms with E-state index in [0.29, 0.717) is 29.4 Å². The second kappa shape index (κ2) is 7.75. The summed E-state index contributed by atoms with van der Waals surface area (Å²) in [6.45, 7) is 5.05. The van der Waals surface area contributed by atoms with E-state index in [0.717, 1.165) is 0 Å². The molecule has 0 saturated heterocycles. The molecule has 2 amide bonds. The van der Waals surface area contributed by atoms with Crippen molar-refractivity contribution in [3.8, 4) is 0 Å². The van der Waals surface area contributed by atoms with Gasteiger partial charge in [0, 0.05) is 18.7 Å². The highest BCUT2D eigenvalue weighted by Crippen LogP contribution is 2.14. The minimum Gasteiger partial charge on any atom is -0.350 e. The van der Waals surface area contributed by atoms with Crippen LogP contribution in [0.25, 0.3) is 0 Å². The molecule has 0 atom stereocenters. The summed E-state index contributed by atoms with van der Waals surface area (Å²) in [6.07, 6.45) is 0. The Kier molecular flexibility index (Phi) is 5.72. The van der Waals surface area contributed by atoms with Crippen molar-refractivity contribution >= 4 is 23.2 Å². The van der Waals surface area contributed by atoms with E-state index in [-0.39, 0.29) is 11.8 Å². The van der Waals surface area contributed by atoms with E-state index in [1.807, 2.05) is 35.7 Å². The zero-order valence-corrected chi connectivity index (χ0v) is 13.6. The summed E-state index contributed by atoms with van der Waals surface area (Å²) in [6, 6.07) is 11.2. The summed E-state index contributed by atoms with van der Waals surface area (Å²) in [7, 11) is 0. The molecule has 22 heavy (non-hydrogen) atoms. The largest absolute Gasteiger partial charge is 0.350 e. The fourth-order valence-corrected chi connectivity index (χ4v) is 2.61. The van der Waals surface area contributed by atoms with Crippen molar-refractivity contribution in [3.63, 3.8) is 0 Å². The third-order valence-corrected chi connectivity index (χ3v) is 4.15. The molecule has 1 aromatic carbocycles. The van der Waals surface area contributed by atoms with Crippen LogP contribution in [0, 0.1) is 0 Å². The molecular formula is C17H20N2O2S. The van der Waals surface area contributed by atoms with Crippen LogP contribution in [0.3, 0.4) is 0 Å². The van der Waals surface area contributed by atoms with Crippen molar-refractivity contribution in [3.05, 3.63) is 57.8 Å². The topological polar surface area (TPSA) is 58.2 Å². The first kappa shape index (κ1) is 16.2. The van der Waals surface area contributed by atoms with Gasteiger partial charge in [-0.1, -0.05) is 32.0 Å². The van der Waals surface area contributed by atoms with Crippen molar-refractivity contribution < 1.29 is 9.59 Å². The fourth-order valence-electron chi connectivity index (χ4n) is 1.97. The predicted molar refractivity (Wildman–Crippen MR) is 89.5 cm³/mol. The van der Waals surface area contributed by atoms with Gasteiger partial charge in [0.2, 0.25) is 0 Å². The monoisotopic (exact) mass is 316 g/mol. The van der Waals surface area contributed by atoms with Gasteiger partial charge in [0.05, 0.1) is 4.88 Å². The van der Waals surface area contributed by atoms with E-state index in [2.05, 4.69) is 24.5 Å². The third-order valence-electron chi connectivity index (χ3n) is 3.28. The predicted octanol–water partition coefficient (Wildman–Crippen LogP) is 3.03. The molecule has 0 spiro atoms. The average Bonchev–Trinajstić information content (AvgIpc) is 3.05. The van der Waals surface area contributed by atoms with Gasteiger partial charge in [-0.15, -0.1) is 11.3 Å². The van der Waals surface area contributed by atoms with E-state index in [9.17, 15) is 9.59 Å². The molecule has 0 unspecified atom stereocenters. The second-order valence-corrected chi connectivity index (χ2v) is 6.21. The lowest BCUT2D eigenvalue weighted by Crippen LogP contribution is -2.34. The third kappa shape index (κ3) is 4.43. The molecule has 2 rings (SSSR count). The molecule has 2 N–H and O–H groups in total. The van der Waals surface area contributed by atoms with Gasteiger partial charge in [0.15, 0.2) is 0 Å². The smallest absolute Gasteiger partial charge is 0.261 e. The number of rotatable bonds is 6. The summed E-state index contributed by atoms with van der Waals surface area (Å²) in [5, 5.41) is 7.43. The first-order valence-electron chi connectivity index (χ1n) is 7.28. The molecule has 0 saturated carbocycles.